The molecule has 2 N–H and O–H groups in total. The Bertz CT molecular complexity index is 302. The van der Waals surface area contributed by atoms with Gasteiger partial charge in [-0.25, -0.2) is 0 Å². The number of aliphatic hydroxyl groups excluding tert-OH is 1. The third kappa shape index (κ3) is 6.17. The predicted molar refractivity (Wildman–Crippen MR) is 94.0 cm³/mol. The van der Waals surface area contributed by atoms with E-state index in [1.54, 1.807) is 0 Å². The number of piperidine rings is 1. The first-order valence-corrected chi connectivity index (χ1v) is 9.70. The van der Waals surface area contributed by atoms with E-state index in [4.69, 9.17) is 0 Å². The van der Waals surface area contributed by atoms with Crippen LogP contribution in [0.2, 0.25) is 0 Å². The van der Waals surface area contributed by atoms with Gasteiger partial charge in [-0.2, -0.15) is 0 Å². The smallest absolute Gasteiger partial charge is 0.0540 e. The molecule has 1 saturated carbocycles. The van der Waals surface area contributed by atoms with Crippen molar-refractivity contribution >= 4 is 0 Å². The maximum Gasteiger partial charge on any atom is 0.0540 e. The minimum absolute atomic E-state index is 0.112. The Morgan fingerprint density at radius 1 is 1.14 bits per heavy atom. The Labute approximate surface area is 137 Å². The molecule has 130 valence electrons. The van der Waals surface area contributed by atoms with Crippen molar-refractivity contribution in [2.75, 3.05) is 26.2 Å². The largest absolute Gasteiger partial charge is 0.393 e. The molecule has 0 aromatic heterocycles. The molecule has 0 spiro atoms. The van der Waals surface area contributed by atoms with Gasteiger partial charge in [0.05, 0.1) is 6.10 Å². The Morgan fingerprint density at radius 3 is 2.50 bits per heavy atom. The lowest BCUT2D eigenvalue weighted by molar-refractivity contribution is 0.0777. The Kier molecular flexibility index (Phi) is 7.66. The van der Waals surface area contributed by atoms with Crippen molar-refractivity contribution in [1.29, 1.82) is 0 Å². The van der Waals surface area contributed by atoms with Gasteiger partial charge in [0, 0.05) is 25.7 Å². The predicted octanol–water partition coefficient (Wildman–Crippen LogP) is 3.27. The lowest BCUT2D eigenvalue weighted by Crippen LogP contribution is -2.51. The molecule has 2 fully saturated rings. The topological polar surface area (TPSA) is 35.5 Å². The molecule has 3 heteroatoms. The molecule has 1 aliphatic carbocycles. The zero-order chi connectivity index (χ0) is 15.9. The molecule has 0 aromatic rings. The summed E-state index contributed by atoms with van der Waals surface area (Å²) in [5, 5.41) is 13.9. The first-order chi connectivity index (χ1) is 10.6. The molecule has 1 heterocycles. The average Bonchev–Trinajstić information content (AvgIpc) is 2.97. The summed E-state index contributed by atoms with van der Waals surface area (Å²) < 4.78 is 0. The summed E-state index contributed by atoms with van der Waals surface area (Å²) in [5.41, 5.74) is 0. The van der Waals surface area contributed by atoms with Gasteiger partial charge in [-0.3, -0.25) is 0 Å². The van der Waals surface area contributed by atoms with Crippen LogP contribution in [-0.2, 0) is 0 Å². The molecule has 3 atom stereocenters. The molecule has 0 bridgehead atoms. The van der Waals surface area contributed by atoms with Crippen LogP contribution in [0.15, 0.2) is 0 Å². The summed E-state index contributed by atoms with van der Waals surface area (Å²) in [5.74, 6) is 2.30. The molecule has 0 radical (unpaired) electrons. The number of nitrogens with one attached hydrogen (secondary N) is 1. The van der Waals surface area contributed by atoms with Crippen molar-refractivity contribution in [3.05, 3.63) is 0 Å². The third-order valence-corrected chi connectivity index (χ3v) is 5.48. The average molecular weight is 311 g/mol. The number of rotatable bonds is 8. The van der Waals surface area contributed by atoms with Crippen molar-refractivity contribution in [3.8, 4) is 0 Å². The van der Waals surface area contributed by atoms with Crippen LogP contribution >= 0.6 is 0 Å². The molecule has 3 unspecified atom stereocenters. The molecular formula is C19H38N2O. The van der Waals surface area contributed by atoms with Crippen LogP contribution in [0.1, 0.15) is 65.7 Å². The lowest BCUT2D eigenvalue weighted by Gasteiger charge is -2.40. The van der Waals surface area contributed by atoms with Gasteiger partial charge in [0.15, 0.2) is 0 Å². The van der Waals surface area contributed by atoms with Crippen molar-refractivity contribution in [3.63, 3.8) is 0 Å². The van der Waals surface area contributed by atoms with Crippen molar-refractivity contribution in [1.82, 2.24) is 10.2 Å². The van der Waals surface area contributed by atoms with Crippen LogP contribution < -0.4 is 5.32 Å². The molecule has 2 rings (SSSR count). The fraction of sp³-hybridized carbons (Fsp3) is 1.00. The summed E-state index contributed by atoms with van der Waals surface area (Å²) in [7, 11) is 0. The number of hydrogen-bond acceptors (Lipinski definition) is 3. The van der Waals surface area contributed by atoms with Crippen LogP contribution in [0.5, 0.6) is 0 Å². The van der Waals surface area contributed by atoms with E-state index in [2.05, 4.69) is 31.0 Å². The Balaban J connectivity index is 1.83. The van der Waals surface area contributed by atoms with Crippen LogP contribution in [0, 0.1) is 17.8 Å². The van der Waals surface area contributed by atoms with Gasteiger partial charge in [0.2, 0.25) is 0 Å². The molecular weight excluding hydrogens is 272 g/mol. The van der Waals surface area contributed by atoms with E-state index in [0.717, 1.165) is 24.7 Å². The Hall–Kier alpha value is -0.120. The van der Waals surface area contributed by atoms with Gasteiger partial charge < -0.3 is 15.3 Å². The van der Waals surface area contributed by atoms with Crippen LogP contribution in [-0.4, -0.2) is 48.3 Å². The fourth-order valence-electron chi connectivity index (χ4n) is 4.39. The van der Waals surface area contributed by atoms with Crippen LogP contribution in [0.4, 0.5) is 0 Å². The first kappa shape index (κ1) is 18.2. The maximum atomic E-state index is 10.0. The molecule has 1 saturated heterocycles. The second kappa shape index (κ2) is 9.24. The van der Waals surface area contributed by atoms with Gasteiger partial charge in [-0.15, -0.1) is 0 Å². The highest BCUT2D eigenvalue weighted by Gasteiger charge is 2.29. The summed E-state index contributed by atoms with van der Waals surface area (Å²) in [4.78, 5) is 2.63. The second-order valence-corrected chi connectivity index (χ2v) is 8.27. The van der Waals surface area contributed by atoms with Gasteiger partial charge in [-0.05, 0) is 56.4 Å². The molecule has 0 amide bonds. The number of hydrogen-bond donors (Lipinski definition) is 2. The monoisotopic (exact) mass is 310 g/mol. The van der Waals surface area contributed by atoms with E-state index in [9.17, 15) is 5.11 Å². The van der Waals surface area contributed by atoms with Gasteiger partial charge in [-0.1, -0.05) is 33.6 Å². The zero-order valence-electron chi connectivity index (χ0n) is 15.1. The van der Waals surface area contributed by atoms with Crippen LogP contribution in [0.3, 0.4) is 0 Å². The molecule has 0 aromatic carbocycles. The van der Waals surface area contributed by atoms with E-state index in [1.807, 2.05) is 0 Å². The third-order valence-electron chi connectivity index (χ3n) is 5.48. The number of aliphatic hydroxyl groups is 1. The molecule has 1 aliphatic heterocycles. The SMILES string of the molecule is CCC(O)CC1CC(NCC2CCCC2)CN(CC(C)C)C1. The van der Waals surface area contributed by atoms with E-state index < -0.39 is 0 Å². The molecule has 2 aliphatic rings. The first-order valence-electron chi connectivity index (χ1n) is 9.70. The quantitative estimate of drug-likeness (QED) is 0.722. The van der Waals surface area contributed by atoms with E-state index in [0.29, 0.717) is 12.0 Å². The Morgan fingerprint density at radius 2 is 1.86 bits per heavy atom. The summed E-state index contributed by atoms with van der Waals surface area (Å²) >= 11 is 0. The zero-order valence-corrected chi connectivity index (χ0v) is 15.1. The second-order valence-electron chi connectivity index (χ2n) is 8.27. The van der Waals surface area contributed by atoms with Gasteiger partial charge in [0.1, 0.15) is 0 Å². The lowest BCUT2D eigenvalue weighted by atomic mass is 9.88. The summed E-state index contributed by atoms with van der Waals surface area (Å²) in [6, 6.07) is 0.627. The van der Waals surface area contributed by atoms with Gasteiger partial charge >= 0.3 is 0 Å². The van der Waals surface area contributed by atoms with Gasteiger partial charge in [0.25, 0.3) is 0 Å². The highest BCUT2D eigenvalue weighted by Crippen LogP contribution is 2.26. The number of likely N-dealkylation sites (tertiary alicyclic amines) is 1. The van der Waals surface area contributed by atoms with E-state index in [1.165, 1.54) is 58.3 Å². The minimum Gasteiger partial charge on any atom is -0.393 e. The standard InChI is InChI=1S/C19H38N2O/c1-4-19(22)10-17-9-18(14-21(13-17)12-15(2)3)20-11-16-7-5-6-8-16/h15-20,22H,4-14H2,1-3H3. The van der Waals surface area contributed by atoms with Crippen LogP contribution in [0.25, 0.3) is 0 Å². The molecule has 22 heavy (non-hydrogen) atoms. The van der Waals surface area contributed by atoms with E-state index in [-0.39, 0.29) is 6.10 Å². The van der Waals surface area contributed by atoms with Crippen molar-refractivity contribution < 1.29 is 5.11 Å². The summed E-state index contributed by atoms with van der Waals surface area (Å²) in [6.45, 7) is 11.5. The maximum absolute atomic E-state index is 10.0. The number of nitrogens with zero attached hydrogens (tertiary/aromatic N) is 1. The fourth-order valence-corrected chi connectivity index (χ4v) is 4.39. The van der Waals surface area contributed by atoms with E-state index >= 15 is 0 Å². The minimum atomic E-state index is -0.112. The van der Waals surface area contributed by atoms with Crippen molar-refractivity contribution in [2.24, 2.45) is 17.8 Å². The van der Waals surface area contributed by atoms with Crippen molar-refractivity contribution in [2.45, 2.75) is 77.9 Å². The molecule has 3 nitrogen and oxygen atoms in total. The highest BCUT2D eigenvalue weighted by atomic mass is 16.3. The highest BCUT2D eigenvalue weighted by molar-refractivity contribution is 4.86. The summed E-state index contributed by atoms with van der Waals surface area (Å²) in [6.07, 6.45) is 8.72. The normalized spacial score (nSPS) is 29.3.